The van der Waals surface area contributed by atoms with E-state index in [0.717, 1.165) is 55.2 Å². The molecular weight excluding hydrogens is 476 g/mol. The number of carbonyl (C=O) groups is 1. The van der Waals surface area contributed by atoms with Gasteiger partial charge in [-0.25, -0.2) is 9.97 Å². The predicted octanol–water partition coefficient (Wildman–Crippen LogP) is 4.35. The summed E-state index contributed by atoms with van der Waals surface area (Å²) in [6.07, 6.45) is 13.5. The highest BCUT2D eigenvalue weighted by atomic mass is 16.2. The minimum absolute atomic E-state index is 0.00102. The maximum Gasteiger partial charge on any atom is 0.270 e. The summed E-state index contributed by atoms with van der Waals surface area (Å²) < 4.78 is 2.14. The third-order valence-electron chi connectivity index (χ3n) is 8.50. The van der Waals surface area contributed by atoms with Crippen LogP contribution in [-0.2, 0) is 6.54 Å². The Labute approximate surface area is 225 Å². The van der Waals surface area contributed by atoms with E-state index in [-0.39, 0.29) is 5.91 Å². The average Bonchev–Trinajstić information content (AvgIpc) is 3.52. The van der Waals surface area contributed by atoms with Crippen LogP contribution in [0.25, 0.3) is 11.0 Å². The summed E-state index contributed by atoms with van der Waals surface area (Å²) in [4.78, 5) is 31.3. The predicted molar refractivity (Wildman–Crippen MR) is 150 cm³/mol. The number of nitrogens with zero attached hydrogens (tertiary/aromatic N) is 6. The molecule has 3 aromatic rings. The first kappa shape index (κ1) is 25.2. The van der Waals surface area contributed by atoms with Crippen molar-refractivity contribution in [2.24, 2.45) is 5.92 Å². The summed E-state index contributed by atoms with van der Waals surface area (Å²) in [5.74, 6) is 2.05. The molecule has 9 nitrogen and oxygen atoms in total. The van der Waals surface area contributed by atoms with Crippen molar-refractivity contribution in [3.8, 4) is 0 Å². The number of nitrogens with one attached hydrogen (secondary N) is 2. The van der Waals surface area contributed by atoms with Gasteiger partial charge in [-0.2, -0.15) is 4.98 Å². The molecule has 1 aliphatic carbocycles. The number of amides is 1. The van der Waals surface area contributed by atoms with Crippen LogP contribution >= 0.6 is 0 Å². The zero-order chi connectivity index (χ0) is 26.1. The van der Waals surface area contributed by atoms with Crippen molar-refractivity contribution in [2.45, 2.75) is 70.0 Å². The van der Waals surface area contributed by atoms with Crippen LogP contribution in [0.5, 0.6) is 0 Å². The molecule has 0 spiro atoms. The number of rotatable bonds is 6. The zero-order valence-corrected chi connectivity index (χ0v) is 22.7. The van der Waals surface area contributed by atoms with Gasteiger partial charge < -0.3 is 20.1 Å². The maximum absolute atomic E-state index is 13.0. The lowest BCUT2D eigenvalue weighted by Crippen LogP contribution is -2.39. The first-order chi connectivity index (χ1) is 18.5. The Morgan fingerprint density at radius 1 is 1.05 bits per heavy atom. The Morgan fingerprint density at radius 3 is 2.71 bits per heavy atom. The zero-order valence-electron chi connectivity index (χ0n) is 22.7. The van der Waals surface area contributed by atoms with Gasteiger partial charge in [0.05, 0.1) is 0 Å². The molecule has 2 aliphatic heterocycles. The Hall–Kier alpha value is -3.04. The van der Waals surface area contributed by atoms with E-state index in [4.69, 9.17) is 4.98 Å². The lowest BCUT2D eigenvalue weighted by Gasteiger charge is -2.25. The molecule has 0 aromatic carbocycles. The van der Waals surface area contributed by atoms with Gasteiger partial charge in [0.15, 0.2) is 0 Å². The molecule has 0 radical (unpaired) electrons. The van der Waals surface area contributed by atoms with Crippen molar-refractivity contribution in [1.82, 2.24) is 34.6 Å². The highest BCUT2D eigenvalue weighted by Crippen LogP contribution is 2.35. The molecule has 5 heterocycles. The Morgan fingerprint density at radius 2 is 1.92 bits per heavy atom. The molecule has 2 atom stereocenters. The van der Waals surface area contributed by atoms with Crippen LogP contribution in [0.2, 0.25) is 0 Å². The molecule has 9 heteroatoms. The van der Waals surface area contributed by atoms with Crippen LogP contribution < -0.4 is 10.6 Å². The first-order valence-electron chi connectivity index (χ1n) is 14.3. The van der Waals surface area contributed by atoms with Gasteiger partial charge in [0, 0.05) is 63.6 Å². The second-order valence-electron chi connectivity index (χ2n) is 11.6. The average molecular weight is 517 g/mol. The Bertz CT molecular complexity index is 1250. The van der Waals surface area contributed by atoms with Crippen molar-refractivity contribution in [3.63, 3.8) is 0 Å². The molecule has 3 aromatic heterocycles. The summed E-state index contributed by atoms with van der Waals surface area (Å²) in [5, 5.41) is 7.93. The Balaban J connectivity index is 1.19. The Kier molecular flexibility index (Phi) is 7.30. The lowest BCUT2D eigenvalue weighted by atomic mass is 9.95. The minimum atomic E-state index is 0.00102. The molecule has 3 aliphatic rings. The van der Waals surface area contributed by atoms with Gasteiger partial charge in [-0.05, 0) is 68.7 Å². The molecule has 2 bridgehead atoms. The van der Waals surface area contributed by atoms with E-state index >= 15 is 0 Å². The second-order valence-corrected chi connectivity index (χ2v) is 11.6. The van der Waals surface area contributed by atoms with Crippen molar-refractivity contribution < 1.29 is 4.79 Å². The van der Waals surface area contributed by atoms with Gasteiger partial charge >= 0.3 is 0 Å². The first-order valence-corrected chi connectivity index (χ1v) is 14.3. The van der Waals surface area contributed by atoms with E-state index in [1.54, 1.807) is 19.0 Å². The quantitative estimate of drug-likeness (QED) is 0.503. The second kappa shape index (κ2) is 11.0. The molecule has 3 fully saturated rings. The molecule has 1 amide bonds. The van der Waals surface area contributed by atoms with Crippen molar-refractivity contribution in [1.29, 1.82) is 0 Å². The molecule has 202 valence electrons. The number of hydrogen-bond acceptors (Lipinski definition) is 7. The molecule has 1 saturated carbocycles. The molecular formula is C29H40N8O. The van der Waals surface area contributed by atoms with Crippen LogP contribution in [0.1, 0.15) is 73.5 Å². The van der Waals surface area contributed by atoms with Crippen LogP contribution in [-0.4, -0.2) is 75.0 Å². The van der Waals surface area contributed by atoms with E-state index in [2.05, 4.69) is 36.1 Å². The topological polar surface area (TPSA) is 91.2 Å². The monoisotopic (exact) mass is 516 g/mol. The number of likely N-dealkylation sites (tertiary alicyclic amines) is 1. The molecule has 38 heavy (non-hydrogen) atoms. The van der Waals surface area contributed by atoms with Crippen LogP contribution in [0.3, 0.4) is 0 Å². The van der Waals surface area contributed by atoms with Crippen LogP contribution in [0.15, 0.2) is 30.6 Å². The summed E-state index contributed by atoms with van der Waals surface area (Å²) in [7, 11) is 3.59. The van der Waals surface area contributed by atoms with E-state index in [1.807, 2.05) is 24.5 Å². The lowest BCUT2D eigenvalue weighted by molar-refractivity contribution is 0.0815. The third kappa shape index (κ3) is 5.40. The number of hydrogen-bond donors (Lipinski definition) is 2. The standard InChI is InChI=1S/C29H40N8O/c1-35(2)28(38)25-14-22-16-32-29(34-27(22)37(25)24-7-3-4-8-24)33-26-12-10-21(15-31-26)18-36-17-20-6-5-13-30-23(19-36)11-9-20/h10,12,14-16,20,23-24,30H,3-9,11,13,17-19H2,1-2H3,(H,31,32,33,34). The van der Waals surface area contributed by atoms with E-state index in [1.165, 1.54) is 50.6 Å². The van der Waals surface area contributed by atoms with Gasteiger partial charge in [-0.15, -0.1) is 0 Å². The van der Waals surface area contributed by atoms with Crippen molar-refractivity contribution >= 4 is 28.7 Å². The maximum atomic E-state index is 13.0. The van der Waals surface area contributed by atoms with E-state index in [9.17, 15) is 4.79 Å². The number of fused-ring (bicyclic) bond motifs is 4. The minimum Gasteiger partial charge on any atom is -0.343 e. The fourth-order valence-corrected chi connectivity index (χ4v) is 6.56. The summed E-state index contributed by atoms with van der Waals surface area (Å²) >= 11 is 0. The van der Waals surface area contributed by atoms with Crippen molar-refractivity contribution in [3.05, 3.63) is 41.9 Å². The number of carbonyl (C=O) groups excluding carboxylic acids is 1. The van der Waals surface area contributed by atoms with E-state index in [0.29, 0.717) is 23.7 Å². The van der Waals surface area contributed by atoms with Crippen LogP contribution in [0.4, 0.5) is 11.8 Å². The normalized spacial score (nSPS) is 22.8. The van der Waals surface area contributed by atoms with Gasteiger partial charge in [0.25, 0.3) is 5.91 Å². The van der Waals surface area contributed by atoms with Crippen molar-refractivity contribution in [2.75, 3.05) is 39.0 Å². The van der Waals surface area contributed by atoms with Gasteiger partial charge in [0.2, 0.25) is 5.95 Å². The number of pyridine rings is 1. The largest absolute Gasteiger partial charge is 0.343 e. The molecule has 6 rings (SSSR count). The van der Waals surface area contributed by atoms with E-state index < -0.39 is 0 Å². The fraction of sp³-hybridized carbons (Fsp3) is 0.586. The highest BCUT2D eigenvalue weighted by Gasteiger charge is 2.27. The molecule has 2 N–H and O–H groups in total. The fourth-order valence-electron chi connectivity index (χ4n) is 6.56. The highest BCUT2D eigenvalue weighted by molar-refractivity contribution is 5.97. The summed E-state index contributed by atoms with van der Waals surface area (Å²) in [6, 6.07) is 7.01. The van der Waals surface area contributed by atoms with Gasteiger partial charge in [-0.1, -0.05) is 18.9 Å². The summed E-state index contributed by atoms with van der Waals surface area (Å²) in [5.41, 5.74) is 2.73. The van der Waals surface area contributed by atoms with Gasteiger partial charge in [0.1, 0.15) is 17.2 Å². The number of aromatic nitrogens is 4. The molecule has 2 unspecified atom stereocenters. The van der Waals surface area contributed by atoms with Gasteiger partial charge in [-0.3, -0.25) is 9.69 Å². The smallest absolute Gasteiger partial charge is 0.270 e. The third-order valence-corrected chi connectivity index (χ3v) is 8.50. The SMILES string of the molecule is CN(C)C(=O)c1cc2cnc(Nc3ccc(CN4CC5CCCNC(CC5)C4)cn3)nc2n1C1CCCC1. The van der Waals surface area contributed by atoms with Crippen LogP contribution in [0, 0.1) is 5.92 Å². The summed E-state index contributed by atoms with van der Waals surface area (Å²) in [6.45, 7) is 4.39. The number of anilines is 2. The molecule has 2 saturated heterocycles.